The van der Waals surface area contributed by atoms with E-state index < -0.39 is 0 Å². The van der Waals surface area contributed by atoms with Gasteiger partial charge in [0.25, 0.3) is 5.56 Å². The molecule has 0 unspecified atom stereocenters. The van der Waals surface area contributed by atoms with Gasteiger partial charge in [0.15, 0.2) is 0 Å². The first kappa shape index (κ1) is 13.7. The van der Waals surface area contributed by atoms with E-state index in [9.17, 15) is 9.59 Å². The lowest BCUT2D eigenvalue weighted by Gasteiger charge is -2.13. The molecule has 0 aromatic carbocycles. The van der Waals surface area contributed by atoms with Crippen LogP contribution in [0.5, 0.6) is 0 Å². The average Bonchev–Trinajstić information content (AvgIpc) is 2.82. The molecular formula is C12H15N3O3S. The van der Waals surface area contributed by atoms with Crippen molar-refractivity contribution >= 4 is 27.5 Å². The molecule has 0 saturated heterocycles. The van der Waals surface area contributed by atoms with Crippen LogP contribution in [0.1, 0.15) is 6.92 Å². The molecule has 0 bridgehead atoms. The van der Waals surface area contributed by atoms with Crippen LogP contribution in [0.25, 0.3) is 10.2 Å². The standard InChI is InChI=1S/C12H15N3O3S/c1-8(6-18-2)14-10(16)5-15-7-13-11-9(12(15)17)3-4-19-11/h3-4,7-8H,5-6H2,1-2H3,(H,14,16)/t8-/m1/s1. The SMILES string of the molecule is COC[C@@H](C)NC(=O)Cn1cnc2sccc2c1=O. The number of rotatable bonds is 5. The first-order valence-corrected chi connectivity index (χ1v) is 6.70. The Hall–Kier alpha value is -1.73. The second-order valence-corrected chi connectivity index (χ2v) is 5.14. The molecule has 2 aromatic heterocycles. The third-order valence-electron chi connectivity index (χ3n) is 2.59. The van der Waals surface area contributed by atoms with Gasteiger partial charge in [-0.1, -0.05) is 0 Å². The summed E-state index contributed by atoms with van der Waals surface area (Å²) in [5.74, 6) is -0.233. The molecule has 1 atom stereocenters. The Balaban J connectivity index is 2.11. The molecule has 102 valence electrons. The van der Waals surface area contributed by atoms with E-state index in [2.05, 4.69) is 10.3 Å². The van der Waals surface area contributed by atoms with Gasteiger partial charge < -0.3 is 10.1 Å². The Morgan fingerprint density at radius 2 is 2.42 bits per heavy atom. The summed E-state index contributed by atoms with van der Waals surface area (Å²) in [6.45, 7) is 2.23. The Bertz CT molecular complexity index is 634. The van der Waals surface area contributed by atoms with Crippen LogP contribution >= 0.6 is 11.3 Å². The van der Waals surface area contributed by atoms with Gasteiger partial charge >= 0.3 is 0 Å². The molecule has 2 aromatic rings. The van der Waals surface area contributed by atoms with Crippen molar-refractivity contribution < 1.29 is 9.53 Å². The third-order valence-corrected chi connectivity index (χ3v) is 3.41. The fourth-order valence-corrected chi connectivity index (χ4v) is 2.50. The minimum atomic E-state index is -0.233. The predicted octanol–water partition coefficient (Wildman–Crippen LogP) is 0.609. The normalized spacial score (nSPS) is 12.5. The number of hydrogen-bond acceptors (Lipinski definition) is 5. The predicted molar refractivity (Wildman–Crippen MR) is 73.4 cm³/mol. The molecular weight excluding hydrogens is 266 g/mol. The van der Waals surface area contributed by atoms with E-state index >= 15 is 0 Å². The van der Waals surface area contributed by atoms with Gasteiger partial charge in [0.2, 0.25) is 5.91 Å². The van der Waals surface area contributed by atoms with E-state index in [1.807, 2.05) is 12.3 Å². The summed E-state index contributed by atoms with van der Waals surface area (Å²) in [5, 5.41) is 5.11. The minimum Gasteiger partial charge on any atom is -0.383 e. The summed E-state index contributed by atoms with van der Waals surface area (Å²) in [5.41, 5.74) is -0.194. The Kier molecular flexibility index (Phi) is 4.28. The molecule has 0 aliphatic rings. The van der Waals surface area contributed by atoms with E-state index in [1.165, 1.54) is 22.2 Å². The fraction of sp³-hybridized carbons (Fsp3) is 0.417. The zero-order valence-electron chi connectivity index (χ0n) is 10.8. The highest BCUT2D eigenvalue weighted by atomic mass is 32.1. The summed E-state index contributed by atoms with van der Waals surface area (Å²) in [6, 6.07) is 1.63. The van der Waals surface area contributed by atoms with Crippen LogP contribution < -0.4 is 10.9 Å². The topological polar surface area (TPSA) is 73.2 Å². The molecule has 0 saturated carbocycles. The quantitative estimate of drug-likeness (QED) is 0.871. The van der Waals surface area contributed by atoms with Gasteiger partial charge in [-0.05, 0) is 18.4 Å². The van der Waals surface area contributed by atoms with Crippen molar-refractivity contribution in [2.75, 3.05) is 13.7 Å². The summed E-state index contributed by atoms with van der Waals surface area (Å²) < 4.78 is 6.24. The van der Waals surface area contributed by atoms with Crippen molar-refractivity contribution in [3.8, 4) is 0 Å². The number of carbonyl (C=O) groups is 1. The molecule has 0 aliphatic heterocycles. The number of thiophene rings is 1. The van der Waals surface area contributed by atoms with Gasteiger partial charge in [0, 0.05) is 13.2 Å². The Morgan fingerprint density at radius 1 is 1.63 bits per heavy atom. The number of fused-ring (bicyclic) bond motifs is 1. The monoisotopic (exact) mass is 281 g/mol. The maximum Gasteiger partial charge on any atom is 0.262 e. The van der Waals surface area contributed by atoms with Crippen LogP contribution in [0.4, 0.5) is 0 Å². The number of ether oxygens (including phenoxy) is 1. The van der Waals surface area contributed by atoms with Crippen molar-refractivity contribution in [3.05, 3.63) is 28.1 Å². The van der Waals surface area contributed by atoms with Crippen LogP contribution in [0.15, 0.2) is 22.6 Å². The van der Waals surface area contributed by atoms with Crippen molar-refractivity contribution in [1.82, 2.24) is 14.9 Å². The van der Waals surface area contributed by atoms with Gasteiger partial charge in [0.05, 0.1) is 18.3 Å². The second kappa shape index (κ2) is 5.94. The summed E-state index contributed by atoms with van der Waals surface area (Å²) in [7, 11) is 1.57. The summed E-state index contributed by atoms with van der Waals surface area (Å²) >= 11 is 1.40. The lowest BCUT2D eigenvalue weighted by molar-refractivity contribution is -0.122. The van der Waals surface area contributed by atoms with Gasteiger partial charge in [-0.3, -0.25) is 14.2 Å². The van der Waals surface area contributed by atoms with E-state index in [0.717, 1.165) is 0 Å². The maximum absolute atomic E-state index is 12.1. The number of nitrogens with one attached hydrogen (secondary N) is 1. The first-order chi connectivity index (χ1) is 9.11. The zero-order chi connectivity index (χ0) is 13.8. The van der Waals surface area contributed by atoms with Gasteiger partial charge in [-0.15, -0.1) is 11.3 Å². The molecule has 0 spiro atoms. The van der Waals surface area contributed by atoms with E-state index in [-0.39, 0.29) is 24.1 Å². The van der Waals surface area contributed by atoms with E-state index in [1.54, 1.807) is 13.2 Å². The highest BCUT2D eigenvalue weighted by molar-refractivity contribution is 7.16. The van der Waals surface area contributed by atoms with Gasteiger partial charge in [0.1, 0.15) is 11.4 Å². The second-order valence-electron chi connectivity index (χ2n) is 4.24. The van der Waals surface area contributed by atoms with Crippen molar-refractivity contribution in [2.45, 2.75) is 19.5 Å². The van der Waals surface area contributed by atoms with E-state index in [0.29, 0.717) is 16.8 Å². The van der Waals surface area contributed by atoms with Gasteiger partial charge in [-0.2, -0.15) is 0 Å². The molecule has 2 rings (SSSR count). The number of carbonyl (C=O) groups excluding carboxylic acids is 1. The number of aromatic nitrogens is 2. The zero-order valence-corrected chi connectivity index (χ0v) is 11.6. The Labute approximate surface area is 114 Å². The molecule has 0 fully saturated rings. The lowest BCUT2D eigenvalue weighted by atomic mass is 10.3. The molecule has 19 heavy (non-hydrogen) atoms. The average molecular weight is 281 g/mol. The van der Waals surface area contributed by atoms with E-state index in [4.69, 9.17) is 4.74 Å². The van der Waals surface area contributed by atoms with Crippen LogP contribution in [0.2, 0.25) is 0 Å². The summed E-state index contributed by atoms with van der Waals surface area (Å²) in [4.78, 5) is 28.7. The number of hydrogen-bond donors (Lipinski definition) is 1. The first-order valence-electron chi connectivity index (χ1n) is 5.82. The van der Waals surface area contributed by atoms with Crippen molar-refractivity contribution in [2.24, 2.45) is 0 Å². The van der Waals surface area contributed by atoms with Crippen LogP contribution in [-0.2, 0) is 16.1 Å². The van der Waals surface area contributed by atoms with Crippen LogP contribution in [-0.4, -0.2) is 35.2 Å². The molecule has 1 amide bonds. The number of methoxy groups -OCH3 is 1. The van der Waals surface area contributed by atoms with Gasteiger partial charge in [-0.25, -0.2) is 4.98 Å². The highest BCUT2D eigenvalue weighted by Gasteiger charge is 2.10. The highest BCUT2D eigenvalue weighted by Crippen LogP contribution is 2.13. The van der Waals surface area contributed by atoms with Crippen LogP contribution in [0, 0.1) is 0 Å². The minimum absolute atomic E-state index is 0.0360. The lowest BCUT2D eigenvalue weighted by Crippen LogP contribution is -2.39. The fourth-order valence-electron chi connectivity index (χ4n) is 1.77. The van der Waals surface area contributed by atoms with Crippen molar-refractivity contribution in [3.63, 3.8) is 0 Å². The third kappa shape index (κ3) is 3.18. The molecule has 6 nitrogen and oxygen atoms in total. The smallest absolute Gasteiger partial charge is 0.262 e. The largest absolute Gasteiger partial charge is 0.383 e. The van der Waals surface area contributed by atoms with Crippen molar-refractivity contribution in [1.29, 1.82) is 0 Å². The molecule has 7 heteroatoms. The van der Waals surface area contributed by atoms with Crippen LogP contribution in [0.3, 0.4) is 0 Å². The summed E-state index contributed by atoms with van der Waals surface area (Å²) in [6.07, 6.45) is 1.40. The molecule has 0 aliphatic carbocycles. The molecule has 0 radical (unpaired) electrons. The molecule has 2 heterocycles. The maximum atomic E-state index is 12.1. The number of nitrogens with zero attached hydrogens (tertiary/aromatic N) is 2. The number of amides is 1. The Morgan fingerprint density at radius 3 is 3.16 bits per heavy atom. The molecule has 1 N–H and O–H groups in total.